The number of nitrogens with one attached hydrogen (secondary N) is 2. The van der Waals surface area contributed by atoms with Crippen LogP contribution in [0.2, 0.25) is 0 Å². The number of aliphatic imine (C=N–C) groups is 1. The van der Waals surface area contributed by atoms with E-state index in [1.807, 2.05) is 5.43 Å². The highest BCUT2D eigenvalue weighted by Gasteiger charge is 2.68. The maximum absolute atomic E-state index is 13.8. The molecule has 0 spiro atoms. The zero-order valence-electron chi connectivity index (χ0n) is 28.8. The predicted octanol–water partition coefficient (Wildman–Crippen LogP) is 5.77. The quantitative estimate of drug-likeness (QED) is 0.0359. The first-order valence-electron chi connectivity index (χ1n) is 17.6. The molecule has 3 aliphatic carbocycles. The van der Waals surface area contributed by atoms with Crippen molar-refractivity contribution in [3.63, 3.8) is 0 Å². The number of carbonyl (C=O) groups excluding carboxylic acids is 2. The van der Waals surface area contributed by atoms with Gasteiger partial charge in [0, 0.05) is 25.3 Å². The van der Waals surface area contributed by atoms with E-state index in [1.54, 1.807) is 0 Å². The minimum Gasteiger partial charge on any atom is -0.404 e. The SMILES string of the molecule is CCCCCCCCCCC(=O)C[C@@H](CCCN=C(N)N[N+](=O)[O-])C(=O)N[C@@H](CC(C)C)B1O[C@@H]2C[C@@H]3C[C@@H](C3(C)C)[C@]2(C)O1. The molecule has 4 rings (SSSR count). The molecule has 0 aromatic carbocycles. The number of nitrogens with two attached hydrogens (primary N) is 1. The molecule has 4 aliphatic rings. The Kier molecular flexibility index (Phi) is 14.1. The van der Waals surface area contributed by atoms with Crippen LogP contribution in [0.3, 0.4) is 0 Å². The smallest absolute Gasteiger partial charge is 0.404 e. The van der Waals surface area contributed by atoms with Crippen LogP contribution in [-0.2, 0) is 18.9 Å². The largest absolute Gasteiger partial charge is 0.481 e. The van der Waals surface area contributed by atoms with E-state index in [0.29, 0.717) is 43.4 Å². The van der Waals surface area contributed by atoms with Crippen molar-refractivity contribution in [2.75, 3.05) is 6.54 Å². The fraction of sp³-hybridized carbons (Fsp3) is 0.909. The van der Waals surface area contributed by atoms with Gasteiger partial charge in [-0.3, -0.25) is 9.59 Å². The number of hydrogen-bond acceptors (Lipinski definition) is 7. The van der Waals surface area contributed by atoms with Gasteiger partial charge in [-0.1, -0.05) is 85.0 Å². The van der Waals surface area contributed by atoms with E-state index < -0.39 is 18.1 Å². The van der Waals surface area contributed by atoms with Crippen LogP contribution >= 0.6 is 0 Å². The topological polar surface area (TPSA) is 158 Å². The van der Waals surface area contributed by atoms with Gasteiger partial charge < -0.3 is 20.4 Å². The van der Waals surface area contributed by atoms with E-state index in [4.69, 9.17) is 15.0 Å². The summed E-state index contributed by atoms with van der Waals surface area (Å²) in [4.78, 5) is 41.5. The Morgan fingerprint density at radius 2 is 1.73 bits per heavy atom. The van der Waals surface area contributed by atoms with Crippen molar-refractivity contribution in [2.45, 2.75) is 156 Å². The number of hydrogen-bond donors (Lipinski definition) is 3. The number of Topliss-reactive ketones (excluding diaryl/α,β-unsaturated/α-hetero) is 1. The average molecular weight is 634 g/mol. The van der Waals surface area contributed by atoms with Crippen molar-refractivity contribution in [1.82, 2.24) is 10.7 Å². The highest BCUT2D eigenvalue weighted by Crippen LogP contribution is 2.65. The molecular weight excluding hydrogens is 573 g/mol. The number of hydrazine groups is 1. The maximum atomic E-state index is 13.8. The van der Waals surface area contributed by atoms with Gasteiger partial charge in [0.15, 0.2) is 5.03 Å². The maximum Gasteiger partial charge on any atom is 0.481 e. The van der Waals surface area contributed by atoms with Gasteiger partial charge in [0.2, 0.25) is 5.91 Å². The molecule has 11 nitrogen and oxygen atoms in total. The lowest BCUT2D eigenvalue weighted by molar-refractivity contribution is -0.525. The molecule has 3 saturated carbocycles. The van der Waals surface area contributed by atoms with Crippen LogP contribution < -0.4 is 16.5 Å². The van der Waals surface area contributed by atoms with Gasteiger partial charge in [0.25, 0.3) is 5.96 Å². The molecule has 6 atom stereocenters. The van der Waals surface area contributed by atoms with Gasteiger partial charge in [0.1, 0.15) is 5.78 Å². The van der Waals surface area contributed by atoms with Crippen LogP contribution in [0, 0.1) is 39.2 Å². The predicted molar refractivity (Wildman–Crippen MR) is 178 cm³/mol. The number of carbonyl (C=O) groups is 2. The summed E-state index contributed by atoms with van der Waals surface area (Å²) in [5, 5.41) is 13.1. The number of nitro groups is 1. The lowest BCUT2D eigenvalue weighted by Crippen LogP contribution is -2.65. The fourth-order valence-electron chi connectivity index (χ4n) is 7.94. The molecule has 2 bridgehead atoms. The first-order valence-corrected chi connectivity index (χ1v) is 17.6. The van der Waals surface area contributed by atoms with Crippen molar-refractivity contribution in [2.24, 2.45) is 39.8 Å². The normalized spacial score (nSPS) is 26.6. The van der Waals surface area contributed by atoms with Gasteiger partial charge in [-0.25, -0.2) is 15.1 Å². The van der Waals surface area contributed by atoms with Crippen LogP contribution in [0.5, 0.6) is 0 Å². The third-order valence-corrected chi connectivity index (χ3v) is 10.7. The van der Waals surface area contributed by atoms with Crippen LogP contribution in [0.25, 0.3) is 0 Å². The Morgan fingerprint density at radius 1 is 1.07 bits per heavy atom. The number of nitrogens with zero attached hydrogens (tertiary/aromatic N) is 2. The summed E-state index contributed by atoms with van der Waals surface area (Å²) in [6, 6.07) is 0. The van der Waals surface area contributed by atoms with E-state index >= 15 is 0 Å². The number of ketones is 1. The lowest BCUT2D eigenvalue weighted by Gasteiger charge is -2.64. The third-order valence-electron chi connectivity index (χ3n) is 10.7. The summed E-state index contributed by atoms with van der Waals surface area (Å²) >= 11 is 0. The van der Waals surface area contributed by atoms with Gasteiger partial charge >= 0.3 is 7.12 Å². The van der Waals surface area contributed by atoms with Gasteiger partial charge in [-0.05, 0) is 68.6 Å². The molecule has 1 aliphatic heterocycles. The summed E-state index contributed by atoms with van der Waals surface area (Å²) in [5.41, 5.74) is 7.24. The molecule has 0 unspecified atom stereocenters. The lowest BCUT2D eigenvalue weighted by atomic mass is 9.43. The zero-order chi connectivity index (χ0) is 33.2. The van der Waals surface area contributed by atoms with E-state index in [1.165, 1.54) is 32.1 Å². The van der Waals surface area contributed by atoms with Crippen molar-refractivity contribution in [3.05, 3.63) is 10.1 Å². The zero-order valence-corrected chi connectivity index (χ0v) is 28.8. The van der Waals surface area contributed by atoms with Crippen LogP contribution in [0.15, 0.2) is 4.99 Å². The number of guanidine groups is 1. The van der Waals surface area contributed by atoms with Gasteiger partial charge in [-0.15, -0.1) is 0 Å². The molecule has 1 amide bonds. The Labute approximate surface area is 271 Å². The van der Waals surface area contributed by atoms with Gasteiger partial charge in [-0.2, -0.15) is 0 Å². The molecule has 0 aromatic heterocycles. The molecule has 0 aromatic rings. The average Bonchev–Trinajstić information content (AvgIpc) is 3.32. The molecule has 1 saturated heterocycles. The minimum atomic E-state index is -0.762. The van der Waals surface area contributed by atoms with Crippen molar-refractivity contribution >= 4 is 24.8 Å². The first-order chi connectivity index (χ1) is 21.3. The summed E-state index contributed by atoms with van der Waals surface area (Å²) < 4.78 is 13.3. The number of unbranched alkanes of at least 4 members (excludes halogenated alkanes) is 7. The summed E-state index contributed by atoms with van der Waals surface area (Å²) in [6.07, 6.45) is 13.6. The van der Waals surface area contributed by atoms with E-state index in [2.05, 4.69) is 51.9 Å². The van der Waals surface area contributed by atoms with E-state index in [0.717, 1.165) is 32.1 Å². The van der Waals surface area contributed by atoms with Crippen molar-refractivity contribution < 1.29 is 23.9 Å². The van der Waals surface area contributed by atoms with Crippen LogP contribution in [0.1, 0.15) is 138 Å². The first kappa shape index (κ1) is 37.3. The monoisotopic (exact) mass is 633 g/mol. The Morgan fingerprint density at radius 3 is 2.36 bits per heavy atom. The molecule has 256 valence electrons. The second-order valence-electron chi connectivity index (χ2n) is 15.0. The molecule has 12 heteroatoms. The minimum absolute atomic E-state index is 0.0194. The molecule has 45 heavy (non-hydrogen) atoms. The highest BCUT2D eigenvalue weighted by molar-refractivity contribution is 6.47. The fourth-order valence-corrected chi connectivity index (χ4v) is 7.94. The van der Waals surface area contributed by atoms with Gasteiger partial charge in [0.05, 0.1) is 17.6 Å². The summed E-state index contributed by atoms with van der Waals surface area (Å²) in [6.45, 7) is 13.5. The van der Waals surface area contributed by atoms with E-state index in [-0.39, 0.29) is 53.7 Å². The van der Waals surface area contributed by atoms with Crippen LogP contribution in [-0.4, -0.2) is 54.0 Å². The second-order valence-corrected chi connectivity index (χ2v) is 15.0. The summed E-state index contributed by atoms with van der Waals surface area (Å²) in [5.74, 6) is 0.126. The van der Waals surface area contributed by atoms with E-state index in [9.17, 15) is 19.7 Å². The summed E-state index contributed by atoms with van der Waals surface area (Å²) in [7, 11) is -0.534. The molecule has 1 heterocycles. The number of rotatable bonds is 21. The number of amides is 1. The van der Waals surface area contributed by atoms with Crippen LogP contribution in [0.4, 0.5) is 0 Å². The van der Waals surface area contributed by atoms with Crippen molar-refractivity contribution in [1.29, 1.82) is 0 Å². The van der Waals surface area contributed by atoms with Crippen molar-refractivity contribution in [3.8, 4) is 0 Å². The highest BCUT2D eigenvalue weighted by atomic mass is 16.7. The Hall–Kier alpha value is -2.21. The molecule has 4 N–H and O–H groups in total. The second kappa shape index (κ2) is 17.1. The molecular formula is C33H60BN5O6. The Bertz CT molecular complexity index is 1030. The third kappa shape index (κ3) is 10.4. The Balaban J connectivity index is 1.61. The molecule has 4 fully saturated rings. The standard InChI is InChI=1S/C33H60BN5O6/c1-7-8-9-10-11-12-13-14-17-26(40)20-24(16-15-18-36-31(35)38-39(42)43)30(41)37-29(19-23(2)3)34-44-28-22-25-21-27(32(25,4)5)33(28,6)45-34/h23-25,27-29H,7-22H2,1-6H3,(H,37,41)(H3,35,36,38)/t24-,25+,27+,28-,29+,33+/m1/s1. The molecule has 0 radical (unpaired) electrons.